The summed E-state index contributed by atoms with van der Waals surface area (Å²) in [6, 6.07) is 8.01. The Kier molecular flexibility index (Phi) is 4.34. The summed E-state index contributed by atoms with van der Waals surface area (Å²) in [5.41, 5.74) is 1.89. The number of fused-ring (bicyclic) bond motifs is 1. The molecule has 0 saturated heterocycles. The highest BCUT2D eigenvalue weighted by atomic mass is 32.1. The second-order valence-electron chi connectivity index (χ2n) is 5.31. The van der Waals surface area contributed by atoms with Crippen molar-refractivity contribution in [2.45, 2.75) is 20.4 Å². The van der Waals surface area contributed by atoms with Crippen LogP contribution in [-0.2, 0) is 6.54 Å². The van der Waals surface area contributed by atoms with Crippen LogP contribution in [0.4, 0.5) is 0 Å². The van der Waals surface area contributed by atoms with Crippen molar-refractivity contribution in [3.63, 3.8) is 0 Å². The zero-order chi connectivity index (χ0) is 16.4. The minimum absolute atomic E-state index is 0.0536. The number of rotatable bonds is 5. The van der Waals surface area contributed by atoms with E-state index >= 15 is 0 Å². The molecule has 3 aromatic rings. The Balaban J connectivity index is 1.67. The number of methoxy groups -OCH3 is 1. The molecule has 1 amide bonds. The summed E-state index contributed by atoms with van der Waals surface area (Å²) in [6.45, 7) is 5.05. The van der Waals surface area contributed by atoms with Crippen molar-refractivity contribution < 1.29 is 9.53 Å². The highest BCUT2D eigenvalue weighted by molar-refractivity contribution is 7.13. The first kappa shape index (κ1) is 15.6. The maximum Gasteiger partial charge on any atom is 0.263 e. The van der Waals surface area contributed by atoms with E-state index in [-0.39, 0.29) is 5.91 Å². The first-order valence-electron chi connectivity index (χ1n) is 7.44. The summed E-state index contributed by atoms with van der Waals surface area (Å²) in [5.74, 6) is 0.809. The molecule has 2 aromatic heterocycles. The zero-order valence-corrected chi connectivity index (χ0v) is 14.2. The molecule has 1 N–H and O–H groups in total. The fourth-order valence-corrected chi connectivity index (χ4v) is 3.52. The predicted octanol–water partition coefficient (Wildman–Crippen LogP) is 3.15. The molecular weight excluding hydrogens is 310 g/mol. The van der Waals surface area contributed by atoms with Gasteiger partial charge in [-0.2, -0.15) is 0 Å². The van der Waals surface area contributed by atoms with Crippen LogP contribution in [0, 0.1) is 13.8 Å². The molecule has 0 spiro atoms. The molecule has 23 heavy (non-hydrogen) atoms. The zero-order valence-electron chi connectivity index (χ0n) is 13.4. The molecular formula is C17H19N3O2S. The van der Waals surface area contributed by atoms with Gasteiger partial charge in [0, 0.05) is 24.7 Å². The Morgan fingerprint density at radius 1 is 1.35 bits per heavy atom. The van der Waals surface area contributed by atoms with Crippen molar-refractivity contribution in [1.82, 2.24) is 14.9 Å². The smallest absolute Gasteiger partial charge is 0.263 e. The fourth-order valence-electron chi connectivity index (χ4n) is 2.68. The van der Waals surface area contributed by atoms with Gasteiger partial charge in [-0.05, 0) is 32.0 Å². The van der Waals surface area contributed by atoms with Crippen molar-refractivity contribution in [1.29, 1.82) is 0 Å². The SMILES string of the molecule is COc1cccc2c1ccn2CCNC(=O)c1sc(C)nc1C. The van der Waals surface area contributed by atoms with E-state index in [2.05, 4.69) is 20.9 Å². The van der Waals surface area contributed by atoms with E-state index in [1.54, 1.807) is 7.11 Å². The second-order valence-corrected chi connectivity index (χ2v) is 6.51. The van der Waals surface area contributed by atoms with Gasteiger partial charge in [-0.25, -0.2) is 4.98 Å². The molecule has 5 nitrogen and oxygen atoms in total. The van der Waals surface area contributed by atoms with Gasteiger partial charge in [-0.3, -0.25) is 4.79 Å². The number of nitrogens with zero attached hydrogens (tertiary/aromatic N) is 2. The van der Waals surface area contributed by atoms with Crippen molar-refractivity contribution in [3.8, 4) is 5.75 Å². The lowest BCUT2D eigenvalue weighted by Crippen LogP contribution is -2.26. The number of aryl methyl sites for hydroxylation is 2. The largest absolute Gasteiger partial charge is 0.496 e. The lowest BCUT2D eigenvalue weighted by molar-refractivity contribution is 0.0955. The monoisotopic (exact) mass is 329 g/mol. The summed E-state index contributed by atoms with van der Waals surface area (Å²) in [6.07, 6.45) is 2.02. The Bertz CT molecular complexity index is 851. The van der Waals surface area contributed by atoms with Crippen LogP contribution in [0.25, 0.3) is 10.9 Å². The van der Waals surface area contributed by atoms with Crippen LogP contribution >= 0.6 is 11.3 Å². The Hall–Kier alpha value is -2.34. The van der Waals surface area contributed by atoms with Crippen LogP contribution in [0.15, 0.2) is 30.5 Å². The topological polar surface area (TPSA) is 56.1 Å². The molecule has 3 rings (SSSR count). The number of amides is 1. The molecule has 0 bridgehead atoms. The summed E-state index contributed by atoms with van der Waals surface area (Å²) in [7, 11) is 1.67. The number of hydrogen-bond acceptors (Lipinski definition) is 4. The second kappa shape index (κ2) is 6.42. The third kappa shape index (κ3) is 3.07. The van der Waals surface area contributed by atoms with Crippen LogP contribution < -0.4 is 10.1 Å². The van der Waals surface area contributed by atoms with Crippen molar-refractivity contribution in [2.75, 3.05) is 13.7 Å². The Labute approximate surface area is 138 Å². The molecule has 6 heteroatoms. The van der Waals surface area contributed by atoms with Crippen molar-refractivity contribution in [3.05, 3.63) is 46.0 Å². The van der Waals surface area contributed by atoms with E-state index < -0.39 is 0 Å². The third-order valence-corrected chi connectivity index (χ3v) is 4.81. The Morgan fingerprint density at radius 3 is 2.87 bits per heavy atom. The highest BCUT2D eigenvalue weighted by Crippen LogP contribution is 2.26. The molecule has 0 aliphatic heterocycles. The van der Waals surface area contributed by atoms with Gasteiger partial charge in [0.1, 0.15) is 10.6 Å². The maximum atomic E-state index is 12.2. The van der Waals surface area contributed by atoms with Gasteiger partial charge >= 0.3 is 0 Å². The third-order valence-electron chi connectivity index (χ3n) is 3.74. The van der Waals surface area contributed by atoms with E-state index in [4.69, 9.17) is 4.74 Å². The van der Waals surface area contributed by atoms with Gasteiger partial charge in [-0.15, -0.1) is 11.3 Å². The quantitative estimate of drug-likeness (QED) is 0.782. The summed E-state index contributed by atoms with van der Waals surface area (Å²) >= 11 is 1.43. The number of hydrogen-bond donors (Lipinski definition) is 1. The molecule has 2 heterocycles. The summed E-state index contributed by atoms with van der Waals surface area (Å²) in [5, 5.41) is 4.96. The van der Waals surface area contributed by atoms with E-state index in [9.17, 15) is 4.79 Å². The van der Waals surface area contributed by atoms with E-state index in [1.807, 2.05) is 38.2 Å². The molecule has 0 fully saturated rings. The average Bonchev–Trinajstić information content (AvgIpc) is 3.10. The maximum absolute atomic E-state index is 12.2. The van der Waals surface area contributed by atoms with Gasteiger partial charge in [0.15, 0.2) is 0 Å². The Morgan fingerprint density at radius 2 is 2.17 bits per heavy atom. The standard InChI is InChI=1S/C17H19N3O2S/c1-11-16(23-12(2)19-11)17(21)18-8-10-20-9-7-13-14(20)5-4-6-15(13)22-3/h4-7,9H,8,10H2,1-3H3,(H,18,21). The van der Waals surface area contributed by atoms with Gasteiger partial charge in [0.05, 0.1) is 23.3 Å². The molecule has 0 saturated carbocycles. The number of ether oxygens (including phenoxy) is 1. The van der Waals surface area contributed by atoms with Crippen LogP contribution in [0.3, 0.4) is 0 Å². The molecule has 1 aromatic carbocycles. The lowest BCUT2D eigenvalue weighted by Gasteiger charge is -2.08. The minimum atomic E-state index is -0.0536. The number of carbonyl (C=O) groups excluding carboxylic acids is 1. The summed E-state index contributed by atoms with van der Waals surface area (Å²) in [4.78, 5) is 17.2. The number of benzene rings is 1. The molecule has 0 radical (unpaired) electrons. The molecule has 0 atom stereocenters. The van der Waals surface area contributed by atoms with Gasteiger partial charge < -0.3 is 14.6 Å². The van der Waals surface area contributed by atoms with Gasteiger partial charge in [0.25, 0.3) is 5.91 Å². The van der Waals surface area contributed by atoms with E-state index in [0.29, 0.717) is 18.0 Å². The van der Waals surface area contributed by atoms with Crippen LogP contribution in [0.1, 0.15) is 20.4 Å². The fraction of sp³-hybridized carbons (Fsp3) is 0.294. The molecule has 0 aliphatic rings. The molecule has 0 aliphatic carbocycles. The highest BCUT2D eigenvalue weighted by Gasteiger charge is 2.13. The number of aromatic nitrogens is 2. The predicted molar refractivity (Wildman–Crippen MR) is 92.4 cm³/mol. The van der Waals surface area contributed by atoms with Gasteiger partial charge in [0.2, 0.25) is 0 Å². The number of carbonyl (C=O) groups is 1. The molecule has 120 valence electrons. The van der Waals surface area contributed by atoms with Gasteiger partial charge in [-0.1, -0.05) is 6.07 Å². The first-order chi connectivity index (χ1) is 11.1. The summed E-state index contributed by atoms with van der Waals surface area (Å²) < 4.78 is 7.48. The van der Waals surface area contributed by atoms with Crippen LogP contribution in [0.5, 0.6) is 5.75 Å². The number of thiazole rings is 1. The van der Waals surface area contributed by atoms with Crippen LogP contribution in [0.2, 0.25) is 0 Å². The van der Waals surface area contributed by atoms with Crippen LogP contribution in [-0.4, -0.2) is 29.1 Å². The van der Waals surface area contributed by atoms with E-state index in [1.165, 1.54) is 11.3 Å². The van der Waals surface area contributed by atoms with Crippen molar-refractivity contribution >= 4 is 28.1 Å². The minimum Gasteiger partial charge on any atom is -0.496 e. The first-order valence-corrected chi connectivity index (χ1v) is 8.26. The molecule has 0 unspecified atom stereocenters. The van der Waals surface area contributed by atoms with Crippen molar-refractivity contribution in [2.24, 2.45) is 0 Å². The average molecular weight is 329 g/mol. The normalized spacial score (nSPS) is 10.9. The van der Waals surface area contributed by atoms with E-state index in [0.717, 1.165) is 27.4 Å². The lowest BCUT2D eigenvalue weighted by atomic mass is 10.2. The number of nitrogens with one attached hydrogen (secondary N) is 1.